The van der Waals surface area contributed by atoms with E-state index in [0.29, 0.717) is 0 Å². The van der Waals surface area contributed by atoms with Crippen LogP contribution in [0.2, 0.25) is 5.02 Å². The monoisotopic (exact) mass is 358 g/mol. The van der Waals surface area contributed by atoms with Gasteiger partial charge in [-0.15, -0.1) is 5.10 Å². The minimum Gasteiger partial charge on any atom is -0.466 e. The highest BCUT2D eigenvalue weighted by Crippen LogP contribution is 2.27. The molecule has 0 saturated heterocycles. The first-order valence-corrected chi connectivity index (χ1v) is 7.49. The molecule has 1 amide bonds. The normalized spacial score (nSPS) is 10.4. The van der Waals surface area contributed by atoms with Gasteiger partial charge in [0.2, 0.25) is 5.88 Å². The number of fused-ring (bicyclic) bond motifs is 1. The molecule has 0 aliphatic heterocycles. The molecule has 0 unspecified atom stereocenters. The average molecular weight is 359 g/mol. The molecule has 0 bridgehead atoms. The van der Waals surface area contributed by atoms with Gasteiger partial charge in [0, 0.05) is 22.5 Å². The zero-order valence-corrected chi connectivity index (χ0v) is 13.4. The van der Waals surface area contributed by atoms with Gasteiger partial charge in [-0.2, -0.15) is 5.10 Å². The molecule has 0 saturated carbocycles. The fraction of sp³-hybridized carbons (Fsp3) is 0.0625. The lowest BCUT2D eigenvalue weighted by atomic mass is 10.2. The SMILES string of the molecule is O=C(COc1nncc2ccccc12)Nc1ccc(Cl)c([N+](=O)[O-])c1. The minimum absolute atomic E-state index is 0.00900. The molecule has 1 aromatic heterocycles. The zero-order chi connectivity index (χ0) is 17.8. The Morgan fingerprint density at radius 1 is 1.28 bits per heavy atom. The molecule has 1 N–H and O–H groups in total. The number of benzene rings is 2. The van der Waals surface area contributed by atoms with Crippen LogP contribution in [0.4, 0.5) is 11.4 Å². The number of hydrogen-bond donors (Lipinski definition) is 1. The Kier molecular flexibility index (Phi) is 4.71. The first kappa shape index (κ1) is 16.6. The van der Waals surface area contributed by atoms with Crippen molar-refractivity contribution in [2.45, 2.75) is 0 Å². The van der Waals surface area contributed by atoms with Crippen molar-refractivity contribution in [1.82, 2.24) is 10.2 Å². The Hall–Kier alpha value is -3.26. The number of rotatable bonds is 5. The first-order chi connectivity index (χ1) is 12.0. The molecule has 2 aromatic carbocycles. The third-order valence-corrected chi connectivity index (χ3v) is 3.62. The van der Waals surface area contributed by atoms with Crippen molar-refractivity contribution >= 4 is 39.7 Å². The molecule has 8 nitrogen and oxygen atoms in total. The molecular formula is C16H11ClN4O4. The van der Waals surface area contributed by atoms with Crippen LogP contribution >= 0.6 is 11.6 Å². The van der Waals surface area contributed by atoms with Crippen molar-refractivity contribution in [1.29, 1.82) is 0 Å². The van der Waals surface area contributed by atoms with Gasteiger partial charge < -0.3 is 10.1 Å². The lowest BCUT2D eigenvalue weighted by molar-refractivity contribution is -0.384. The van der Waals surface area contributed by atoms with E-state index in [1.54, 1.807) is 12.3 Å². The van der Waals surface area contributed by atoms with Gasteiger partial charge in [-0.1, -0.05) is 29.8 Å². The van der Waals surface area contributed by atoms with Crippen LogP contribution in [0, 0.1) is 10.1 Å². The molecule has 9 heteroatoms. The van der Waals surface area contributed by atoms with E-state index in [4.69, 9.17) is 16.3 Å². The standard InChI is InChI=1S/C16H11ClN4O4/c17-13-6-5-11(7-14(13)21(23)24)19-15(22)9-25-16-12-4-2-1-3-10(12)8-18-20-16/h1-8H,9H2,(H,19,22). The summed E-state index contributed by atoms with van der Waals surface area (Å²) in [5.41, 5.74) is -0.0472. The number of amides is 1. The van der Waals surface area contributed by atoms with Gasteiger partial charge in [0.05, 0.1) is 11.1 Å². The maximum atomic E-state index is 12.0. The van der Waals surface area contributed by atoms with Crippen molar-refractivity contribution in [3.63, 3.8) is 0 Å². The third-order valence-electron chi connectivity index (χ3n) is 3.30. The number of hydrogen-bond acceptors (Lipinski definition) is 6. The van der Waals surface area contributed by atoms with E-state index in [1.807, 2.05) is 18.2 Å². The summed E-state index contributed by atoms with van der Waals surface area (Å²) in [6.07, 6.45) is 1.59. The predicted octanol–water partition coefficient (Wildman–Crippen LogP) is 3.21. The van der Waals surface area contributed by atoms with E-state index < -0.39 is 10.8 Å². The van der Waals surface area contributed by atoms with E-state index in [-0.39, 0.29) is 28.9 Å². The van der Waals surface area contributed by atoms with Crippen molar-refractivity contribution in [2.75, 3.05) is 11.9 Å². The van der Waals surface area contributed by atoms with E-state index >= 15 is 0 Å². The van der Waals surface area contributed by atoms with Gasteiger partial charge in [-0.05, 0) is 18.2 Å². The second-order valence-corrected chi connectivity index (χ2v) is 5.40. The highest BCUT2D eigenvalue weighted by atomic mass is 35.5. The molecule has 3 aromatic rings. The number of anilines is 1. The number of aromatic nitrogens is 2. The topological polar surface area (TPSA) is 107 Å². The van der Waals surface area contributed by atoms with Crippen molar-refractivity contribution < 1.29 is 14.5 Å². The van der Waals surface area contributed by atoms with Gasteiger partial charge in [0.15, 0.2) is 6.61 Å². The van der Waals surface area contributed by atoms with Crippen LogP contribution in [0.1, 0.15) is 0 Å². The van der Waals surface area contributed by atoms with Crippen molar-refractivity contribution in [2.24, 2.45) is 0 Å². The summed E-state index contributed by atoms with van der Waals surface area (Å²) < 4.78 is 5.41. The number of nitro groups is 1. The number of carbonyl (C=O) groups is 1. The number of halogens is 1. The summed E-state index contributed by atoms with van der Waals surface area (Å²) in [6.45, 7) is -0.320. The van der Waals surface area contributed by atoms with E-state index in [2.05, 4.69) is 15.5 Å². The molecule has 1 heterocycles. The highest BCUT2D eigenvalue weighted by Gasteiger charge is 2.14. The van der Waals surface area contributed by atoms with Crippen LogP contribution in [-0.4, -0.2) is 27.6 Å². The number of nitro benzene ring substituents is 1. The van der Waals surface area contributed by atoms with Crippen LogP contribution in [0.15, 0.2) is 48.7 Å². The lowest BCUT2D eigenvalue weighted by Gasteiger charge is -2.08. The van der Waals surface area contributed by atoms with E-state index in [9.17, 15) is 14.9 Å². The van der Waals surface area contributed by atoms with Crippen LogP contribution in [0.5, 0.6) is 5.88 Å². The van der Waals surface area contributed by atoms with Gasteiger partial charge in [0.1, 0.15) is 5.02 Å². The molecule has 0 aliphatic carbocycles. The Morgan fingerprint density at radius 2 is 2.08 bits per heavy atom. The smallest absolute Gasteiger partial charge is 0.289 e. The summed E-state index contributed by atoms with van der Waals surface area (Å²) in [7, 11) is 0. The van der Waals surface area contributed by atoms with Gasteiger partial charge in [-0.25, -0.2) is 0 Å². The first-order valence-electron chi connectivity index (χ1n) is 7.11. The molecular weight excluding hydrogens is 348 g/mol. The van der Waals surface area contributed by atoms with Crippen LogP contribution < -0.4 is 10.1 Å². The number of carbonyl (C=O) groups excluding carboxylic acids is 1. The number of ether oxygens (including phenoxy) is 1. The Balaban J connectivity index is 1.69. The third kappa shape index (κ3) is 3.81. The van der Waals surface area contributed by atoms with Crippen LogP contribution in [0.3, 0.4) is 0 Å². The fourth-order valence-electron chi connectivity index (χ4n) is 2.17. The number of nitrogens with zero attached hydrogens (tertiary/aromatic N) is 3. The van der Waals surface area contributed by atoms with Crippen LogP contribution in [-0.2, 0) is 4.79 Å². The summed E-state index contributed by atoms with van der Waals surface area (Å²) in [6, 6.07) is 11.3. The molecule has 126 valence electrons. The predicted molar refractivity (Wildman–Crippen MR) is 91.8 cm³/mol. The van der Waals surface area contributed by atoms with Gasteiger partial charge >= 0.3 is 0 Å². The Labute approximate surface area is 146 Å². The lowest BCUT2D eigenvalue weighted by Crippen LogP contribution is -2.20. The summed E-state index contributed by atoms with van der Waals surface area (Å²) in [5, 5.41) is 22.6. The summed E-state index contributed by atoms with van der Waals surface area (Å²) in [4.78, 5) is 22.2. The molecule has 0 aliphatic rings. The summed E-state index contributed by atoms with van der Waals surface area (Å²) in [5.74, 6) is -0.262. The average Bonchev–Trinajstić information content (AvgIpc) is 2.61. The summed E-state index contributed by atoms with van der Waals surface area (Å²) >= 11 is 5.73. The molecule has 25 heavy (non-hydrogen) atoms. The van der Waals surface area contributed by atoms with E-state index in [0.717, 1.165) is 10.8 Å². The molecule has 0 radical (unpaired) electrons. The molecule has 0 spiro atoms. The number of nitrogens with one attached hydrogen (secondary N) is 1. The molecule has 0 fully saturated rings. The van der Waals surface area contributed by atoms with Gasteiger partial charge in [0.25, 0.3) is 11.6 Å². The Bertz CT molecular complexity index is 959. The second kappa shape index (κ2) is 7.10. The highest BCUT2D eigenvalue weighted by molar-refractivity contribution is 6.32. The quantitative estimate of drug-likeness (QED) is 0.554. The second-order valence-electron chi connectivity index (χ2n) is 5.00. The maximum Gasteiger partial charge on any atom is 0.289 e. The minimum atomic E-state index is -0.625. The van der Waals surface area contributed by atoms with Crippen LogP contribution in [0.25, 0.3) is 10.8 Å². The zero-order valence-electron chi connectivity index (χ0n) is 12.7. The molecule has 0 atom stereocenters. The van der Waals surface area contributed by atoms with E-state index in [1.165, 1.54) is 18.2 Å². The largest absolute Gasteiger partial charge is 0.466 e. The van der Waals surface area contributed by atoms with Crippen molar-refractivity contribution in [3.05, 3.63) is 63.8 Å². The van der Waals surface area contributed by atoms with Gasteiger partial charge in [-0.3, -0.25) is 14.9 Å². The fourth-order valence-corrected chi connectivity index (χ4v) is 2.36. The van der Waals surface area contributed by atoms with Crippen molar-refractivity contribution in [3.8, 4) is 5.88 Å². The molecule has 3 rings (SSSR count). The maximum absolute atomic E-state index is 12.0. The Morgan fingerprint density at radius 3 is 2.88 bits per heavy atom.